The molecule has 0 amide bonds. The fraction of sp³-hybridized carbons (Fsp3) is 0.208. The van der Waals surface area contributed by atoms with Crippen molar-refractivity contribution in [2.24, 2.45) is 10.7 Å². The summed E-state index contributed by atoms with van der Waals surface area (Å²) < 4.78 is 66.6. The van der Waals surface area contributed by atoms with Crippen LogP contribution in [0.1, 0.15) is 54.3 Å². The molecule has 9 aromatic rings. The number of rotatable bonds is 15. The molecule has 2 atom stereocenters. The number of alkyl halides is 2. The first-order valence-corrected chi connectivity index (χ1v) is 20.8. The average molecular weight is 950 g/mol. The SMILES string of the molecule is C.C=CC1=Nc2ccccc2C1.Cl.Fc1cccnc1CNc1nccc2oc(C(F)CNCCc3nc4ccccc4[nH]3)nc12.NCC(F)c1nc2c(NCc3ncccc3F)nccc2o1. The number of oxazole rings is 2. The lowest BCUT2D eigenvalue weighted by Crippen LogP contribution is -2.22. The number of aliphatic imine (C=N–C) groups is 1. The predicted molar refractivity (Wildman–Crippen MR) is 257 cm³/mol. The highest BCUT2D eigenvalue weighted by Crippen LogP contribution is 2.28. The maximum atomic E-state index is 14.8. The van der Waals surface area contributed by atoms with Crippen LogP contribution in [0.2, 0.25) is 0 Å². The number of aromatic amines is 1. The van der Waals surface area contributed by atoms with E-state index in [2.05, 4.69) is 73.5 Å². The van der Waals surface area contributed by atoms with Crippen LogP contribution in [0.15, 0.2) is 136 Å². The fourth-order valence-corrected chi connectivity index (χ4v) is 6.73. The number of nitrogens with one attached hydrogen (secondary N) is 4. The van der Waals surface area contributed by atoms with Gasteiger partial charge >= 0.3 is 0 Å². The average Bonchev–Trinajstić information content (AvgIpc) is 4.17. The van der Waals surface area contributed by atoms with Crippen molar-refractivity contribution in [3.63, 3.8) is 0 Å². The monoisotopic (exact) mass is 949 g/mol. The van der Waals surface area contributed by atoms with E-state index in [4.69, 9.17) is 14.6 Å². The molecule has 15 nitrogen and oxygen atoms in total. The zero-order chi connectivity index (χ0) is 45.8. The lowest BCUT2D eigenvalue weighted by atomic mass is 10.1. The van der Waals surface area contributed by atoms with Crippen LogP contribution in [0.25, 0.3) is 33.2 Å². The molecule has 352 valence electrons. The minimum absolute atomic E-state index is 0. The molecule has 0 radical (unpaired) electrons. The number of anilines is 2. The summed E-state index contributed by atoms with van der Waals surface area (Å²) in [7, 11) is 0. The van der Waals surface area contributed by atoms with E-state index in [1.807, 2.05) is 48.5 Å². The van der Waals surface area contributed by atoms with E-state index < -0.39 is 24.0 Å². The van der Waals surface area contributed by atoms with Crippen LogP contribution in [0.3, 0.4) is 0 Å². The minimum atomic E-state index is -1.48. The van der Waals surface area contributed by atoms with Gasteiger partial charge < -0.3 is 35.5 Å². The summed E-state index contributed by atoms with van der Waals surface area (Å²) in [6.07, 6.45) is 6.50. The van der Waals surface area contributed by atoms with Gasteiger partial charge in [0.25, 0.3) is 0 Å². The highest BCUT2D eigenvalue weighted by Gasteiger charge is 2.21. The molecule has 20 heteroatoms. The highest BCUT2D eigenvalue weighted by molar-refractivity contribution is 6.01. The van der Waals surface area contributed by atoms with E-state index in [1.165, 1.54) is 54.6 Å². The Morgan fingerprint density at radius 2 is 1.31 bits per heavy atom. The number of allylic oxidation sites excluding steroid dienone is 1. The Labute approximate surface area is 394 Å². The first kappa shape index (κ1) is 49.8. The van der Waals surface area contributed by atoms with Gasteiger partial charge in [0.1, 0.15) is 17.5 Å². The van der Waals surface area contributed by atoms with Crippen molar-refractivity contribution in [1.29, 1.82) is 0 Å². The van der Waals surface area contributed by atoms with Crippen LogP contribution >= 0.6 is 12.4 Å². The second-order valence-corrected chi connectivity index (χ2v) is 14.6. The van der Waals surface area contributed by atoms with Gasteiger partial charge in [-0.15, -0.1) is 12.4 Å². The molecule has 0 saturated carbocycles. The van der Waals surface area contributed by atoms with Crippen molar-refractivity contribution in [3.05, 3.63) is 169 Å². The van der Waals surface area contributed by atoms with E-state index >= 15 is 0 Å². The van der Waals surface area contributed by atoms with Gasteiger partial charge in [-0.05, 0) is 54.1 Å². The third kappa shape index (κ3) is 12.2. The van der Waals surface area contributed by atoms with Gasteiger partial charge in [0, 0.05) is 75.1 Å². The number of hydrogen-bond acceptors (Lipinski definition) is 14. The largest absolute Gasteiger partial charge is 0.437 e. The number of benzene rings is 2. The van der Waals surface area contributed by atoms with Crippen LogP contribution in [0.4, 0.5) is 34.9 Å². The van der Waals surface area contributed by atoms with Crippen molar-refractivity contribution < 1.29 is 26.4 Å². The molecule has 8 heterocycles. The number of halogens is 5. The highest BCUT2D eigenvalue weighted by atomic mass is 35.5. The number of H-pyrrole nitrogens is 1. The number of hydrogen-bond donors (Lipinski definition) is 5. The number of imidazole rings is 1. The van der Waals surface area contributed by atoms with E-state index in [-0.39, 0.29) is 69.2 Å². The Balaban J connectivity index is 0.000000187. The van der Waals surface area contributed by atoms with Crippen molar-refractivity contribution in [2.75, 3.05) is 30.3 Å². The zero-order valence-electron chi connectivity index (χ0n) is 35.7. The van der Waals surface area contributed by atoms with Crippen LogP contribution in [-0.2, 0) is 25.9 Å². The molecule has 10 rings (SSSR count). The van der Waals surface area contributed by atoms with Gasteiger partial charge in [-0.3, -0.25) is 15.0 Å². The van der Waals surface area contributed by atoms with Gasteiger partial charge in [0.15, 0.2) is 46.2 Å². The van der Waals surface area contributed by atoms with Crippen molar-refractivity contribution in [1.82, 2.24) is 45.2 Å². The van der Waals surface area contributed by atoms with E-state index in [0.29, 0.717) is 46.8 Å². The Morgan fingerprint density at radius 3 is 1.88 bits per heavy atom. The number of aromatic nitrogens is 8. The summed E-state index contributed by atoms with van der Waals surface area (Å²) in [5.41, 5.74) is 12.6. The van der Waals surface area contributed by atoms with Crippen LogP contribution in [0, 0.1) is 11.6 Å². The van der Waals surface area contributed by atoms with Gasteiger partial charge in [-0.1, -0.05) is 44.3 Å². The lowest BCUT2D eigenvalue weighted by molar-refractivity contribution is 0.273. The maximum absolute atomic E-state index is 14.8. The Morgan fingerprint density at radius 1 is 0.721 bits per heavy atom. The topological polar surface area (TPSA) is 207 Å². The third-order valence-electron chi connectivity index (χ3n) is 10.1. The first-order chi connectivity index (χ1) is 32.3. The number of para-hydroxylation sites is 3. The van der Waals surface area contributed by atoms with Gasteiger partial charge in [-0.2, -0.15) is 0 Å². The normalized spacial score (nSPS) is 12.3. The Kier molecular flexibility index (Phi) is 17.4. The first-order valence-electron chi connectivity index (χ1n) is 20.8. The molecule has 1 aliphatic heterocycles. The molecule has 0 bridgehead atoms. The van der Waals surface area contributed by atoms with Crippen molar-refractivity contribution >= 4 is 68.7 Å². The summed E-state index contributed by atoms with van der Waals surface area (Å²) in [6, 6.07) is 24.9. The van der Waals surface area contributed by atoms with E-state index in [1.54, 1.807) is 12.1 Å². The van der Waals surface area contributed by atoms with E-state index in [9.17, 15) is 17.6 Å². The Hall–Kier alpha value is -7.61. The second kappa shape index (κ2) is 23.7. The second-order valence-electron chi connectivity index (χ2n) is 14.6. The summed E-state index contributed by atoms with van der Waals surface area (Å²) in [5.74, 6) is 0.593. The minimum Gasteiger partial charge on any atom is -0.437 e. The van der Waals surface area contributed by atoms with Gasteiger partial charge in [-0.25, -0.2) is 42.5 Å². The third-order valence-corrected chi connectivity index (χ3v) is 10.1. The summed E-state index contributed by atoms with van der Waals surface area (Å²) >= 11 is 0. The summed E-state index contributed by atoms with van der Waals surface area (Å²) in [6.45, 7) is 4.30. The lowest BCUT2D eigenvalue weighted by Gasteiger charge is -2.06. The molecule has 2 aromatic carbocycles. The molecular formula is C48H48ClF4N13O2. The molecule has 0 saturated heterocycles. The maximum Gasteiger partial charge on any atom is 0.231 e. The molecule has 1 aliphatic rings. The predicted octanol–water partition coefficient (Wildman–Crippen LogP) is 9.99. The van der Waals surface area contributed by atoms with Gasteiger partial charge in [0.05, 0.1) is 41.2 Å². The van der Waals surface area contributed by atoms with Crippen molar-refractivity contribution in [3.8, 4) is 0 Å². The molecule has 7 aromatic heterocycles. The summed E-state index contributed by atoms with van der Waals surface area (Å²) in [4.78, 5) is 36.7. The molecule has 0 spiro atoms. The van der Waals surface area contributed by atoms with Crippen molar-refractivity contribution in [2.45, 2.75) is 45.7 Å². The molecule has 0 fully saturated rings. The quantitative estimate of drug-likeness (QED) is 0.0480. The van der Waals surface area contributed by atoms with Crippen LogP contribution < -0.4 is 21.7 Å². The van der Waals surface area contributed by atoms with E-state index in [0.717, 1.165) is 34.7 Å². The summed E-state index contributed by atoms with van der Waals surface area (Å²) in [5, 5.41) is 8.99. The number of fused-ring (bicyclic) bond motifs is 4. The molecule has 0 aliphatic carbocycles. The zero-order valence-corrected chi connectivity index (χ0v) is 36.5. The standard InChI is InChI=1S/C23H21F2N7O.C14H13F2N5O.C10H9N.CH4.ClH/c24-14-4-3-9-27-18(14)13-29-22-21-19(7-11-28-22)33-23(32-21)15(25)12-26-10-8-20-30-16-5-1-2-6-17(16)31-20;15-8-2-1-4-18-10(8)7-20-13-12-11(3-5-19-13)22-14(21-12)9(16)6-17;1-2-9-7-8-5-3-4-6-10(8)11-9;;/h1-7,9,11,15,26H,8,10,12-13H2,(H,28,29)(H,30,31);1-5,9H,6-7,17H2,(H,19,20);2-6H,1,7H2;1H4;1H. The smallest absolute Gasteiger partial charge is 0.231 e. The number of pyridine rings is 4. The van der Waals surface area contributed by atoms with Crippen LogP contribution in [-0.4, -0.2) is 65.2 Å². The van der Waals surface area contributed by atoms with Gasteiger partial charge in [0.2, 0.25) is 11.8 Å². The molecule has 6 N–H and O–H groups in total. The molecule has 2 unspecified atom stereocenters. The fourth-order valence-electron chi connectivity index (χ4n) is 6.73. The molecule has 68 heavy (non-hydrogen) atoms. The molecular weight excluding hydrogens is 902 g/mol. The number of nitrogens with zero attached hydrogens (tertiary/aromatic N) is 8. The Bertz CT molecular complexity index is 3070. The number of nitrogens with two attached hydrogens (primary N) is 1. The van der Waals surface area contributed by atoms with Crippen LogP contribution in [0.5, 0.6) is 0 Å².